The van der Waals surface area contributed by atoms with Gasteiger partial charge >= 0.3 is 6.18 Å². The molecule has 1 fully saturated rings. The Morgan fingerprint density at radius 2 is 1.87 bits per heavy atom. The molecule has 0 bridgehead atoms. The molecule has 1 heterocycles. The van der Waals surface area contributed by atoms with Crippen LogP contribution in [0, 0.1) is 0 Å². The summed E-state index contributed by atoms with van der Waals surface area (Å²) in [4.78, 5) is 20.3. The zero-order valence-electron chi connectivity index (χ0n) is 17.6. The van der Waals surface area contributed by atoms with E-state index >= 15 is 0 Å². The molecule has 0 radical (unpaired) electrons. The van der Waals surface area contributed by atoms with Crippen LogP contribution in [0.1, 0.15) is 19.4 Å². The lowest BCUT2D eigenvalue weighted by Gasteiger charge is -2.36. The Kier molecular flexibility index (Phi) is 8.76. The number of piperazine rings is 1. The number of para-hydroxylation sites is 1. The minimum absolute atomic E-state index is 0.0113. The maximum Gasteiger partial charge on any atom is 0.419 e. The van der Waals surface area contributed by atoms with Crippen molar-refractivity contribution < 1.29 is 22.7 Å². The second kappa shape index (κ2) is 11.1. The highest BCUT2D eigenvalue weighted by Crippen LogP contribution is 2.35. The van der Waals surface area contributed by atoms with Crippen molar-refractivity contribution in [1.29, 1.82) is 0 Å². The van der Waals surface area contributed by atoms with E-state index in [0.29, 0.717) is 32.1 Å². The van der Waals surface area contributed by atoms with Gasteiger partial charge in [-0.2, -0.15) is 13.2 Å². The molecule has 1 aromatic carbocycles. The summed E-state index contributed by atoms with van der Waals surface area (Å²) in [6, 6.07) is 5.28. The number of guanidine groups is 1. The van der Waals surface area contributed by atoms with E-state index < -0.39 is 11.7 Å². The van der Waals surface area contributed by atoms with E-state index in [4.69, 9.17) is 4.74 Å². The van der Waals surface area contributed by atoms with Crippen molar-refractivity contribution in [1.82, 2.24) is 20.4 Å². The summed E-state index contributed by atoms with van der Waals surface area (Å²) in [5.74, 6) is 0.487. The van der Waals surface area contributed by atoms with Crippen molar-refractivity contribution in [2.75, 3.05) is 52.9 Å². The van der Waals surface area contributed by atoms with Gasteiger partial charge in [-0.15, -0.1) is 0 Å². The predicted octanol–water partition coefficient (Wildman–Crippen LogP) is 1.80. The van der Waals surface area contributed by atoms with E-state index in [0.717, 1.165) is 19.2 Å². The number of carbonyl (C=O) groups excluding carboxylic acids is 1. The van der Waals surface area contributed by atoms with Crippen molar-refractivity contribution in [3.05, 3.63) is 29.8 Å². The molecule has 0 unspecified atom stereocenters. The fraction of sp³-hybridized carbons (Fsp3) is 0.600. The maximum atomic E-state index is 13.0. The van der Waals surface area contributed by atoms with Crippen molar-refractivity contribution >= 4 is 11.9 Å². The number of ether oxygens (including phenoxy) is 1. The summed E-state index contributed by atoms with van der Waals surface area (Å²) in [7, 11) is 1.66. The molecule has 30 heavy (non-hydrogen) atoms. The Labute approximate surface area is 175 Å². The van der Waals surface area contributed by atoms with Crippen LogP contribution in [0.25, 0.3) is 0 Å². The van der Waals surface area contributed by atoms with Gasteiger partial charge in [0.15, 0.2) is 5.96 Å². The molecule has 0 spiro atoms. The molecule has 168 valence electrons. The first kappa shape index (κ1) is 23.8. The third-order valence-electron chi connectivity index (χ3n) is 4.54. The summed E-state index contributed by atoms with van der Waals surface area (Å²) in [5, 5.41) is 6.00. The van der Waals surface area contributed by atoms with Crippen molar-refractivity contribution in [3.8, 4) is 5.75 Å². The Bertz CT molecular complexity index is 717. The fourth-order valence-electron chi connectivity index (χ4n) is 3.17. The zero-order chi connectivity index (χ0) is 22.1. The highest BCUT2D eigenvalue weighted by molar-refractivity contribution is 5.80. The number of aliphatic imine (C=N–C) groups is 1. The van der Waals surface area contributed by atoms with Crippen LogP contribution in [0.4, 0.5) is 13.2 Å². The third-order valence-corrected chi connectivity index (χ3v) is 4.54. The zero-order valence-corrected chi connectivity index (χ0v) is 17.6. The first-order valence-corrected chi connectivity index (χ1v) is 9.97. The topological polar surface area (TPSA) is 69.2 Å². The number of alkyl halides is 3. The van der Waals surface area contributed by atoms with E-state index in [1.54, 1.807) is 7.05 Å². The molecule has 0 saturated carbocycles. The lowest BCUT2D eigenvalue weighted by molar-refractivity contribution is -0.139. The number of rotatable bonds is 7. The van der Waals surface area contributed by atoms with Gasteiger partial charge in [-0.1, -0.05) is 12.1 Å². The van der Waals surface area contributed by atoms with Gasteiger partial charge in [-0.05, 0) is 26.0 Å². The lowest BCUT2D eigenvalue weighted by Crippen LogP contribution is -2.54. The van der Waals surface area contributed by atoms with Crippen LogP contribution in [-0.4, -0.2) is 80.6 Å². The summed E-state index contributed by atoms with van der Waals surface area (Å²) >= 11 is 0. The number of hydrogen-bond acceptors (Lipinski definition) is 4. The molecular weight excluding hydrogens is 399 g/mol. The van der Waals surface area contributed by atoms with Crippen LogP contribution in [0.2, 0.25) is 0 Å². The molecule has 1 amide bonds. The van der Waals surface area contributed by atoms with E-state index in [1.807, 2.05) is 13.8 Å². The van der Waals surface area contributed by atoms with Crippen LogP contribution < -0.4 is 15.4 Å². The normalized spacial score (nSPS) is 16.0. The summed E-state index contributed by atoms with van der Waals surface area (Å²) < 4.78 is 44.3. The van der Waals surface area contributed by atoms with Gasteiger partial charge in [0.2, 0.25) is 5.91 Å². The van der Waals surface area contributed by atoms with Crippen molar-refractivity contribution in [2.45, 2.75) is 26.1 Å². The standard InChI is InChI=1S/C20H30F3N5O2/c1-15(2)26-18(29)14-27-9-11-28(12-10-27)19(24-3)25-8-13-30-17-7-5-4-6-16(17)20(21,22)23/h4-7,15H,8-14H2,1-3H3,(H,24,25)(H,26,29). The Balaban J connectivity index is 1.76. The van der Waals surface area contributed by atoms with Gasteiger partial charge in [0.1, 0.15) is 12.4 Å². The van der Waals surface area contributed by atoms with Gasteiger partial charge in [-0.3, -0.25) is 14.7 Å². The molecule has 10 heteroatoms. The van der Waals surface area contributed by atoms with Crippen LogP contribution in [0.5, 0.6) is 5.75 Å². The SMILES string of the molecule is CN=C(NCCOc1ccccc1C(F)(F)F)N1CCN(CC(=O)NC(C)C)CC1. The molecule has 1 aromatic rings. The number of halogens is 3. The predicted molar refractivity (Wildman–Crippen MR) is 110 cm³/mol. The third kappa shape index (κ3) is 7.40. The fourth-order valence-corrected chi connectivity index (χ4v) is 3.17. The van der Waals surface area contributed by atoms with Gasteiger partial charge in [0, 0.05) is 39.3 Å². The number of nitrogens with zero attached hydrogens (tertiary/aromatic N) is 3. The number of amides is 1. The van der Waals surface area contributed by atoms with Crippen LogP contribution in [-0.2, 0) is 11.0 Å². The molecule has 1 aliphatic heterocycles. The minimum atomic E-state index is -4.45. The Hall–Kier alpha value is -2.49. The molecular formula is C20H30F3N5O2. The Morgan fingerprint density at radius 3 is 2.47 bits per heavy atom. The van der Waals surface area contributed by atoms with E-state index in [9.17, 15) is 18.0 Å². The summed E-state index contributed by atoms with van der Waals surface area (Å²) in [5.41, 5.74) is -0.785. The highest BCUT2D eigenvalue weighted by atomic mass is 19.4. The second-order valence-corrected chi connectivity index (χ2v) is 7.30. The number of carbonyl (C=O) groups is 1. The minimum Gasteiger partial charge on any atom is -0.491 e. The highest BCUT2D eigenvalue weighted by Gasteiger charge is 2.34. The lowest BCUT2D eigenvalue weighted by atomic mass is 10.2. The first-order valence-electron chi connectivity index (χ1n) is 9.97. The van der Waals surface area contributed by atoms with Crippen LogP contribution in [0.3, 0.4) is 0 Å². The average Bonchev–Trinajstić information content (AvgIpc) is 2.68. The quantitative estimate of drug-likeness (QED) is 0.393. The molecule has 0 atom stereocenters. The molecule has 7 nitrogen and oxygen atoms in total. The first-order chi connectivity index (χ1) is 14.2. The van der Waals surface area contributed by atoms with Crippen molar-refractivity contribution in [3.63, 3.8) is 0 Å². The van der Waals surface area contributed by atoms with Gasteiger partial charge in [0.05, 0.1) is 18.7 Å². The molecule has 2 rings (SSSR count). The van der Waals surface area contributed by atoms with Crippen LogP contribution in [0.15, 0.2) is 29.3 Å². The van der Waals surface area contributed by atoms with Gasteiger partial charge in [-0.25, -0.2) is 0 Å². The van der Waals surface area contributed by atoms with Crippen LogP contribution >= 0.6 is 0 Å². The van der Waals surface area contributed by atoms with E-state index in [-0.39, 0.29) is 24.3 Å². The molecule has 0 aliphatic carbocycles. The molecule has 0 aromatic heterocycles. The average molecular weight is 429 g/mol. The van der Waals surface area contributed by atoms with Crippen molar-refractivity contribution in [2.24, 2.45) is 4.99 Å². The monoisotopic (exact) mass is 429 g/mol. The molecule has 1 saturated heterocycles. The second-order valence-electron chi connectivity index (χ2n) is 7.30. The number of benzene rings is 1. The largest absolute Gasteiger partial charge is 0.491 e. The van der Waals surface area contributed by atoms with Gasteiger partial charge < -0.3 is 20.3 Å². The van der Waals surface area contributed by atoms with Gasteiger partial charge in [0.25, 0.3) is 0 Å². The summed E-state index contributed by atoms with van der Waals surface area (Å²) in [6.07, 6.45) is -4.45. The molecule has 1 aliphatic rings. The van der Waals surface area contributed by atoms with E-state index in [2.05, 4.69) is 25.4 Å². The van der Waals surface area contributed by atoms with E-state index in [1.165, 1.54) is 18.2 Å². The number of hydrogen-bond donors (Lipinski definition) is 2. The molecule has 2 N–H and O–H groups in total. The number of nitrogens with one attached hydrogen (secondary N) is 2. The Morgan fingerprint density at radius 1 is 1.20 bits per heavy atom. The maximum absolute atomic E-state index is 13.0. The smallest absolute Gasteiger partial charge is 0.419 e. The summed E-state index contributed by atoms with van der Waals surface area (Å²) in [6.45, 7) is 7.46.